The maximum absolute atomic E-state index is 8.23. The van der Waals surface area contributed by atoms with Crippen LogP contribution in [0.25, 0.3) is 0 Å². The highest BCUT2D eigenvalue weighted by atomic mass is 16.3. The van der Waals surface area contributed by atoms with Gasteiger partial charge in [0.1, 0.15) is 0 Å². The second kappa shape index (κ2) is 6.37. The predicted octanol–water partition coefficient (Wildman–Crippen LogP) is 0.626. The molecule has 0 saturated heterocycles. The van der Waals surface area contributed by atoms with Crippen LogP contribution in [0.5, 0.6) is 0 Å². The van der Waals surface area contributed by atoms with E-state index in [4.69, 9.17) is 5.11 Å². The van der Waals surface area contributed by atoms with E-state index >= 15 is 0 Å². The Kier molecular flexibility index (Phi) is 5.87. The van der Waals surface area contributed by atoms with Crippen molar-refractivity contribution in [2.75, 3.05) is 13.2 Å². The van der Waals surface area contributed by atoms with Gasteiger partial charge in [-0.1, -0.05) is 6.08 Å². The highest BCUT2D eigenvalue weighted by molar-refractivity contribution is 5.70. The molecule has 0 saturated carbocycles. The lowest BCUT2D eigenvalue weighted by Crippen LogP contribution is -1.85. The van der Waals surface area contributed by atoms with Gasteiger partial charge in [0.05, 0.1) is 13.2 Å². The van der Waals surface area contributed by atoms with E-state index in [-0.39, 0.29) is 6.61 Å². The van der Waals surface area contributed by atoms with Crippen molar-refractivity contribution in [2.45, 2.75) is 6.92 Å². The third-order valence-electron chi connectivity index (χ3n) is 0.613. The topological polar surface area (TPSA) is 32.6 Å². The molecule has 0 spiro atoms. The molecule has 0 unspecified atom stereocenters. The van der Waals surface area contributed by atoms with Crippen molar-refractivity contribution in [2.24, 2.45) is 4.99 Å². The average Bonchev–Trinajstić information content (AvgIpc) is 1.81. The standard InChI is InChI=1S/C6H11NO/c1-2-3-4-7-5-6-8/h2-4,8H,5-6H2,1H3. The van der Waals surface area contributed by atoms with Gasteiger partial charge in [0, 0.05) is 6.21 Å². The molecule has 0 heterocycles. The van der Waals surface area contributed by atoms with E-state index < -0.39 is 0 Å². The van der Waals surface area contributed by atoms with Gasteiger partial charge in [-0.25, -0.2) is 0 Å². The first-order valence-corrected chi connectivity index (χ1v) is 2.63. The van der Waals surface area contributed by atoms with E-state index in [1.807, 2.05) is 19.1 Å². The summed E-state index contributed by atoms with van der Waals surface area (Å²) in [6.07, 6.45) is 5.40. The molecule has 0 aliphatic heterocycles. The van der Waals surface area contributed by atoms with Crippen molar-refractivity contribution < 1.29 is 5.11 Å². The van der Waals surface area contributed by atoms with Gasteiger partial charge in [-0.15, -0.1) is 0 Å². The molecule has 0 amide bonds. The minimum absolute atomic E-state index is 0.133. The molecule has 0 aliphatic rings. The van der Waals surface area contributed by atoms with Crippen molar-refractivity contribution in [3.63, 3.8) is 0 Å². The molecule has 0 aliphatic carbocycles. The van der Waals surface area contributed by atoms with Crippen LogP contribution in [0.15, 0.2) is 17.1 Å². The number of hydrogen-bond acceptors (Lipinski definition) is 2. The Morgan fingerprint density at radius 1 is 1.62 bits per heavy atom. The van der Waals surface area contributed by atoms with Crippen LogP contribution in [-0.4, -0.2) is 24.5 Å². The Bertz CT molecular complexity index is 86.5. The maximum atomic E-state index is 8.23. The maximum Gasteiger partial charge on any atom is 0.0626 e. The minimum Gasteiger partial charge on any atom is -0.394 e. The molecule has 2 nitrogen and oxygen atoms in total. The van der Waals surface area contributed by atoms with Crippen molar-refractivity contribution in [3.05, 3.63) is 12.2 Å². The zero-order valence-electron chi connectivity index (χ0n) is 5.04. The second-order valence-corrected chi connectivity index (χ2v) is 1.30. The largest absolute Gasteiger partial charge is 0.394 e. The lowest BCUT2D eigenvalue weighted by molar-refractivity contribution is 0.307. The van der Waals surface area contributed by atoms with Gasteiger partial charge < -0.3 is 5.11 Å². The molecular formula is C6H11NO. The van der Waals surface area contributed by atoms with Crippen LogP contribution in [0.3, 0.4) is 0 Å². The van der Waals surface area contributed by atoms with Crippen LogP contribution in [0.1, 0.15) is 6.92 Å². The summed E-state index contributed by atoms with van der Waals surface area (Å²) in [6.45, 7) is 2.56. The second-order valence-electron chi connectivity index (χ2n) is 1.30. The molecule has 0 fully saturated rings. The highest BCUT2D eigenvalue weighted by Crippen LogP contribution is 1.67. The van der Waals surface area contributed by atoms with Crippen LogP contribution in [0.4, 0.5) is 0 Å². The smallest absolute Gasteiger partial charge is 0.0626 e. The third kappa shape index (κ3) is 5.37. The molecule has 0 radical (unpaired) electrons. The Labute approximate surface area is 49.6 Å². The molecule has 0 bridgehead atoms. The fourth-order valence-electron chi connectivity index (χ4n) is 0.279. The fourth-order valence-corrected chi connectivity index (χ4v) is 0.279. The van der Waals surface area contributed by atoms with Gasteiger partial charge >= 0.3 is 0 Å². The van der Waals surface area contributed by atoms with E-state index in [0.29, 0.717) is 6.54 Å². The van der Waals surface area contributed by atoms with Crippen LogP contribution in [-0.2, 0) is 0 Å². The van der Waals surface area contributed by atoms with E-state index in [0.717, 1.165) is 0 Å². The van der Waals surface area contributed by atoms with E-state index in [1.54, 1.807) is 6.21 Å². The van der Waals surface area contributed by atoms with E-state index in [1.165, 1.54) is 0 Å². The molecule has 0 aromatic rings. The van der Waals surface area contributed by atoms with Crippen molar-refractivity contribution in [1.29, 1.82) is 0 Å². The first-order valence-electron chi connectivity index (χ1n) is 2.63. The molecule has 0 rings (SSSR count). The molecular weight excluding hydrogens is 102 g/mol. The Morgan fingerprint density at radius 2 is 2.38 bits per heavy atom. The van der Waals surface area contributed by atoms with Gasteiger partial charge in [0.15, 0.2) is 0 Å². The van der Waals surface area contributed by atoms with Crippen LogP contribution in [0, 0.1) is 0 Å². The zero-order valence-corrected chi connectivity index (χ0v) is 5.04. The summed E-state index contributed by atoms with van der Waals surface area (Å²) in [5, 5.41) is 8.23. The lowest BCUT2D eigenvalue weighted by atomic mass is 10.5. The molecule has 0 aromatic heterocycles. The lowest BCUT2D eigenvalue weighted by Gasteiger charge is -1.79. The summed E-state index contributed by atoms with van der Waals surface area (Å²) < 4.78 is 0. The summed E-state index contributed by atoms with van der Waals surface area (Å²) in [5.74, 6) is 0. The molecule has 0 aromatic carbocycles. The van der Waals surface area contributed by atoms with Crippen molar-refractivity contribution in [1.82, 2.24) is 0 Å². The first-order chi connectivity index (χ1) is 3.91. The Balaban J connectivity index is 3.07. The van der Waals surface area contributed by atoms with Crippen LogP contribution in [0.2, 0.25) is 0 Å². The Morgan fingerprint density at radius 3 is 2.88 bits per heavy atom. The van der Waals surface area contributed by atoms with Crippen LogP contribution < -0.4 is 0 Å². The summed E-state index contributed by atoms with van der Waals surface area (Å²) in [5.41, 5.74) is 0. The third-order valence-corrected chi connectivity index (χ3v) is 0.613. The van der Waals surface area contributed by atoms with Gasteiger partial charge in [0.2, 0.25) is 0 Å². The van der Waals surface area contributed by atoms with Crippen molar-refractivity contribution in [3.8, 4) is 0 Å². The molecule has 0 atom stereocenters. The summed E-state index contributed by atoms with van der Waals surface area (Å²) in [6, 6.07) is 0. The highest BCUT2D eigenvalue weighted by Gasteiger charge is 1.67. The van der Waals surface area contributed by atoms with E-state index in [2.05, 4.69) is 4.99 Å². The van der Waals surface area contributed by atoms with Gasteiger partial charge in [-0.2, -0.15) is 0 Å². The van der Waals surface area contributed by atoms with Gasteiger partial charge in [0.25, 0.3) is 0 Å². The van der Waals surface area contributed by atoms with Gasteiger partial charge in [-0.3, -0.25) is 4.99 Å². The van der Waals surface area contributed by atoms with Gasteiger partial charge in [-0.05, 0) is 13.0 Å². The number of allylic oxidation sites excluding steroid dienone is 2. The first kappa shape index (κ1) is 7.37. The number of nitrogens with zero attached hydrogens (tertiary/aromatic N) is 1. The summed E-state index contributed by atoms with van der Waals surface area (Å²) >= 11 is 0. The molecule has 46 valence electrons. The van der Waals surface area contributed by atoms with Crippen LogP contribution >= 0.6 is 0 Å². The summed E-state index contributed by atoms with van der Waals surface area (Å²) in [4.78, 5) is 3.82. The quantitative estimate of drug-likeness (QED) is 0.535. The number of aliphatic hydroxyl groups is 1. The number of hydrogen-bond donors (Lipinski definition) is 1. The SMILES string of the molecule is CC=CC=NCCO. The number of aliphatic hydroxyl groups excluding tert-OH is 1. The molecule has 2 heteroatoms. The fraction of sp³-hybridized carbons (Fsp3) is 0.500. The molecule has 1 N–H and O–H groups in total. The van der Waals surface area contributed by atoms with E-state index in [9.17, 15) is 0 Å². The minimum atomic E-state index is 0.133. The van der Waals surface area contributed by atoms with Crippen molar-refractivity contribution >= 4 is 6.21 Å². The molecule has 8 heavy (non-hydrogen) atoms. The predicted molar refractivity (Wildman–Crippen MR) is 35.3 cm³/mol. The number of aliphatic imine (C=N–C) groups is 1. The zero-order chi connectivity index (χ0) is 6.24. The average molecular weight is 113 g/mol. The normalized spacial score (nSPS) is 11.8. The monoisotopic (exact) mass is 113 g/mol. The number of rotatable bonds is 3. The summed E-state index contributed by atoms with van der Waals surface area (Å²) in [7, 11) is 0. The Hall–Kier alpha value is -0.630.